The number of carbonyl (C=O) groups excluding carboxylic acids is 1. The number of nitrogens with zero attached hydrogens (tertiary/aromatic N) is 1. The zero-order valence-corrected chi connectivity index (χ0v) is 12.7. The number of hydrogen-bond acceptors (Lipinski definition) is 4. The molecule has 23 heavy (non-hydrogen) atoms. The van der Waals surface area contributed by atoms with Gasteiger partial charge in [-0.05, 0) is 23.8 Å². The number of aryl methyl sites for hydroxylation is 1. The Morgan fingerprint density at radius 1 is 1.26 bits per heavy atom. The molecule has 1 amide bonds. The van der Waals surface area contributed by atoms with Crippen molar-refractivity contribution in [2.24, 2.45) is 7.05 Å². The number of nitrogens with one attached hydrogen (secondary N) is 1. The summed E-state index contributed by atoms with van der Waals surface area (Å²) in [6.45, 7) is 0.137. The van der Waals surface area contributed by atoms with Gasteiger partial charge in [-0.1, -0.05) is 6.07 Å². The molecule has 2 rings (SSSR count). The number of aromatic carboxylic acids is 1. The van der Waals surface area contributed by atoms with Crippen LogP contribution < -0.4 is 15.6 Å². The van der Waals surface area contributed by atoms with Crippen molar-refractivity contribution in [2.75, 3.05) is 7.11 Å². The van der Waals surface area contributed by atoms with Crippen LogP contribution in [0, 0.1) is 0 Å². The molecule has 1 aromatic heterocycles. The lowest BCUT2D eigenvalue weighted by Gasteiger charge is -2.09. The predicted octanol–water partition coefficient (Wildman–Crippen LogP) is 1.02. The first-order chi connectivity index (χ1) is 10.9. The van der Waals surface area contributed by atoms with Crippen LogP contribution in [0.1, 0.15) is 26.3 Å². The molecular weight excluding hydrogens is 300 g/mol. The molecule has 0 aliphatic carbocycles. The van der Waals surface area contributed by atoms with Gasteiger partial charge in [-0.25, -0.2) is 4.79 Å². The first-order valence-electron chi connectivity index (χ1n) is 6.77. The van der Waals surface area contributed by atoms with Crippen LogP contribution in [0.3, 0.4) is 0 Å². The summed E-state index contributed by atoms with van der Waals surface area (Å²) in [4.78, 5) is 34.7. The fraction of sp³-hybridized carbons (Fsp3) is 0.188. The van der Waals surface area contributed by atoms with Crippen LogP contribution in [0.25, 0.3) is 0 Å². The van der Waals surface area contributed by atoms with Gasteiger partial charge in [-0.2, -0.15) is 0 Å². The maximum atomic E-state index is 12.0. The molecule has 0 bridgehead atoms. The molecule has 1 aromatic carbocycles. The Morgan fingerprint density at radius 3 is 2.61 bits per heavy atom. The molecule has 2 N–H and O–H groups in total. The highest BCUT2D eigenvalue weighted by Crippen LogP contribution is 2.19. The van der Waals surface area contributed by atoms with Gasteiger partial charge in [0.15, 0.2) is 0 Å². The number of carboxylic acid groups (broad SMARTS) is 1. The number of rotatable bonds is 5. The molecule has 0 radical (unpaired) electrons. The van der Waals surface area contributed by atoms with E-state index in [0.717, 1.165) is 0 Å². The maximum Gasteiger partial charge on any atom is 0.339 e. The van der Waals surface area contributed by atoms with Crippen LogP contribution in [-0.4, -0.2) is 28.7 Å². The summed E-state index contributed by atoms with van der Waals surface area (Å²) < 4.78 is 6.34. The third-order valence-corrected chi connectivity index (χ3v) is 3.31. The minimum atomic E-state index is -1.11. The summed E-state index contributed by atoms with van der Waals surface area (Å²) in [7, 11) is 2.98. The number of benzene rings is 1. The van der Waals surface area contributed by atoms with Gasteiger partial charge < -0.3 is 19.7 Å². The number of amides is 1. The van der Waals surface area contributed by atoms with E-state index in [9.17, 15) is 14.4 Å². The Labute approximate surface area is 132 Å². The molecule has 0 fully saturated rings. The summed E-state index contributed by atoms with van der Waals surface area (Å²) in [5.41, 5.74) is 0.601. The highest BCUT2D eigenvalue weighted by Gasteiger charge is 2.12. The van der Waals surface area contributed by atoms with Gasteiger partial charge in [-0.15, -0.1) is 0 Å². The Hall–Kier alpha value is -3.09. The second kappa shape index (κ2) is 6.78. The number of carboxylic acids is 1. The SMILES string of the molecule is COc1ccc(CNC(=O)c2ccn(C)c(=O)c2)cc1C(=O)O. The quantitative estimate of drug-likeness (QED) is 0.858. The third-order valence-electron chi connectivity index (χ3n) is 3.31. The van der Waals surface area contributed by atoms with Crippen molar-refractivity contribution in [1.29, 1.82) is 0 Å². The van der Waals surface area contributed by atoms with Crippen molar-refractivity contribution in [2.45, 2.75) is 6.54 Å². The van der Waals surface area contributed by atoms with Gasteiger partial charge in [0, 0.05) is 31.4 Å². The van der Waals surface area contributed by atoms with Gasteiger partial charge in [0.1, 0.15) is 11.3 Å². The zero-order chi connectivity index (χ0) is 17.0. The Kier molecular flexibility index (Phi) is 4.80. The molecule has 0 aliphatic rings. The van der Waals surface area contributed by atoms with Gasteiger partial charge in [0.2, 0.25) is 0 Å². The number of hydrogen-bond donors (Lipinski definition) is 2. The molecule has 120 valence electrons. The smallest absolute Gasteiger partial charge is 0.339 e. The lowest BCUT2D eigenvalue weighted by Crippen LogP contribution is -2.25. The van der Waals surface area contributed by atoms with Crippen molar-refractivity contribution in [3.8, 4) is 5.75 Å². The molecule has 7 heteroatoms. The number of pyridine rings is 1. The molecule has 0 saturated carbocycles. The van der Waals surface area contributed by atoms with E-state index in [1.807, 2.05) is 0 Å². The first kappa shape index (κ1) is 16.3. The van der Waals surface area contributed by atoms with Crippen LogP contribution in [-0.2, 0) is 13.6 Å². The molecule has 0 saturated heterocycles. The standard InChI is InChI=1S/C16H16N2O5/c1-18-6-5-11(8-14(18)19)15(20)17-9-10-3-4-13(23-2)12(7-10)16(21)22/h3-8H,9H2,1-2H3,(H,17,20)(H,21,22). The van der Waals surface area contributed by atoms with Crippen molar-refractivity contribution >= 4 is 11.9 Å². The number of ether oxygens (including phenoxy) is 1. The van der Waals surface area contributed by atoms with E-state index >= 15 is 0 Å². The molecule has 0 atom stereocenters. The van der Waals surface area contributed by atoms with Gasteiger partial charge in [0.05, 0.1) is 7.11 Å². The van der Waals surface area contributed by atoms with E-state index in [0.29, 0.717) is 5.56 Å². The van der Waals surface area contributed by atoms with Crippen LogP contribution in [0.5, 0.6) is 5.75 Å². The molecule has 2 aromatic rings. The van der Waals surface area contributed by atoms with Gasteiger partial charge >= 0.3 is 5.97 Å². The highest BCUT2D eigenvalue weighted by atomic mass is 16.5. The average molecular weight is 316 g/mol. The molecule has 0 unspecified atom stereocenters. The van der Waals surface area contributed by atoms with E-state index in [4.69, 9.17) is 9.84 Å². The molecule has 1 heterocycles. The van der Waals surface area contributed by atoms with Crippen molar-refractivity contribution in [1.82, 2.24) is 9.88 Å². The minimum Gasteiger partial charge on any atom is -0.496 e. The Bertz CT molecular complexity index is 810. The predicted molar refractivity (Wildman–Crippen MR) is 82.8 cm³/mol. The monoisotopic (exact) mass is 316 g/mol. The lowest BCUT2D eigenvalue weighted by atomic mass is 10.1. The summed E-state index contributed by atoms with van der Waals surface area (Å²) >= 11 is 0. The van der Waals surface area contributed by atoms with Crippen LogP contribution in [0.15, 0.2) is 41.3 Å². The zero-order valence-electron chi connectivity index (χ0n) is 12.7. The summed E-state index contributed by atoms with van der Waals surface area (Å²) in [6, 6.07) is 7.41. The summed E-state index contributed by atoms with van der Waals surface area (Å²) in [5.74, 6) is -1.27. The van der Waals surface area contributed by atoms with Crippen molar-refractivity contribution in [3.63, 3.8) is 0 Å². The van der Waals surface area contributed by atoms with Gasteiger partial charge in [-0.3, -0.25) is 9.59 Å². The lowest BCUT2D eigenvalue weighted by molar-refractivity contribution is 0.0693. The fourth-order valence-corrected chi connectivity index (χ4v) is 2.01. The largest absolute Gasteiger partial charge is 0.496 e. The normalized spacial score (nSPS) is 10.2. The molecule has 0 aliphatic heterocycles. The molecule has 7 nitrogen and oxygen atoms in total. The van der Waals surface area contributed by atoms with Crippen LogP contribution in [0.4, 0.5) is 0 Å². The van der Waals surface area contributed by atoms with E-state index in [1.165, 1.54) is 42.1 Å². The minimum absolute atomic E-state index is 0.0211. The number of methoxy groups -OCH3 is 1. The van der Waals surface area contributed by atoms with Crippen molar-refractivity contribution in [3.05, 3.63) is 63.6 Å². The van der Waals surface area contributed by atoms with E-state index in [-0.39, 0.29) is 29.0 Å². The Balaban J connectivity index is 2.12. The molecule has 0 spiro atoms. The third kappa shape index (κ3) is 3.76. The second-order valence-corrected chi connectivity index (χ2v) is 4.89. The van der Waals surface area contributed by atoms with Crippen LogP contribution >= 0.6 is 0 Å². The Morgan fingerprint density at radius 2 is 2.00 bits per heavy atom. The van der Waals surface area contributed by atoms with Gasteiger partial charge in [0.25, 0.3) is 11.5 Å². The summed E-state index contributed by atoms with van der Waals surface area (Å²) in [6.07, 6.45) is 1.51. The van der Waals surface area contributed by atoms with E-state index in [1.54, 1.807) is 13.1 Å². The summed E-state index contributed by atoms with van der Waals surface area (Å²) in [5, 5.41) is 11.8. The topological polar surface area (TPSA) is 97.6 Å². The highest BCUT2D eigenvalue weighted by molar-refractivity contribution is 5.94. The number of carbonyl (C=O) groups is 2. The fourth-order valence-electron chi connectivity index (χ4n) is 2.01. The van der Waals surface area contributed by atoms with Crippen LogP contribution in [0.2, 0.25) is 0 Å². The first-order valence-corrected chi connectivity index (χ1v) is 6.77. The average Bonchev–Trinajstić information content (AvgIpc) is 2.54. The van der Waals surface area contributed by atoms with Crippen molar-refractivity contribution < 1.29 is 19.4 Å². The van der Waals surface area contributed by atoms with E-state index in [2.05, 4.69) is 5.32 Å². The number of aromatic nitrogens is 1. The second-order valence-electron chi connectivity index (χ2n) is 4.89. The van der Waals surface area contributed by atoms with E-state index < -0.39 is 11.9 Å². The molecular formula is C16H16N2O5. The maximum absolute atomic E-state index is 12.0.